The number of aromatic hydroxyl groups is 1. The lowest BCUT2D eigenvalue weighted by Crippen LogP contribution is -2.57. The van der Waals surface area contributed by atoms with Crippen LogP contribution in [0.4, 0.5) is 0 Å². The molecule has 14 nitrogen and oxygen atoms in total. The number of H-pyrrole nitrogens is 1. The van der Waals surface area contributed by atoms with Crippen LogP contribution in [0.25, 0.3) is 10.9 Å². The van der Waals surface area contributed by atoms with Crippen molar-refractivity contribution in [2.45, 2.75) is 56.8 Å². The van der Waals surface area contributed by atoms with E-state index in [-0.39, 0.29) is 37.5 Å². The molecule has 14 heteroatoms. The van der Waals surface area contributed by atoms with Crippen molar-refractivity contribution in [3.05, 3.63) is 65.9 Å². The number of aliphatic carboxylic acids is 1. The Kier molecular flexibility index (Phi) is 11.5. The van der Waals surface area contributed by atoms with Crippen molar-refractivity contribution in [2.24, 2.45) is 22.2 Å². The van der Waals surface area contributed by atoms with Gasteiger partial charge in [-0.15, -0.1) is 0 Å². The van der Waals surface area contributed by atoms with E-state index in [2.05, 4.69) is 25.9 Å². The maximum atomic E-state index is 13.6. The summed E-state index contributed by atoms with van der Waals surface area (Å²) in [5.74, 6) is -3.34. The molecule has 1 heterocycles. The van der Waals surface area contributed by atoms with Crippen molar-refractivity contribution in [2.75, 3.05) is 6.54 Å². The van der Waals surface area contributed by atoms with Gasteiger partial charge in [0.1, 0.15) is 23.9 Å². The second-order valence-electron chi connectivity index (χ2n) is 10.2. The molecule has 0 spiro atoms. The summed E-state index contributed by atoms with van der Waals surface area (Å²) in [5.41, 5.74) is 18.5. The number of hydrogen-bond donors (Lipinski definition) is 9. The zero-order chi connectivity index (χ0) is 31.5. The number of fused-ring (bicyclic) bond motifs is 1. The number of phenols is 1. The fourth-order valence-corrected chi connectivity index (χ4v) is 4.42. The molecule has 12 N–H and O–H groups in total. The van der Waals surface area contributed by atoms with E-state index in [1.165, 1.54) is 19.1 Å². The van der Waals surface area contributed by atoms with Crippen LogP contribution in [-0.4, -0.2) is 75.6 Å². The van der Waals surface area contributed by atoms with Crippen LogP contribution in [0.5, 0.6) is 5.75 Å². The van der Waals surface area contributed by atoms with Gasteiger partial charge >= 0.3 is 5.97 Å². The zero-order valence-corrected chi connectivity index (χ0v) is 23.7. The van der Waals surface area contributed by atoms with Crippen molar-refractivity contribution in [1.29, 1.82) is 0 Å². The first-order chi connectivity index (χ1) is 20.4. The highest BCUT2D eigenvalue weighted by Gasteiger charge is 2.30. The van der Waals surface area contributed by atoms with E-state index in [1.54, 1.807) is 18.3 Å². The Morgan fingerprint density at radius 2 is 1.51 bits per heavy atom. The number of benzene rings is 2. The lowest BCUT2D eigenvalue weighted by molar-refractivity contribution is -0.142. The Balaban J connectivity index is 1.86. The number of carbonyl (C=O) groups is 4. The summed E-state index contributed by atoms with van der Waals surface area (Å²) in [6.07, 6.45) is 2.15. The summed E-state index contributed by atoms with van der Waals surface area (Å²) in [6, 6.07) is 8.85. The third-order valence-electron chi connectivity index (χ3n) is 6.71. The first kappa shape index (κ1) is 32.4. The van der Waals surface area contributed by atoms with Gasteiger partial charge in [0.15, 0.2) is 5.96 Å². The number of carboxylic acids is 1. The molecule has 43 heavy (non-hydrogen) atoms. The van der Waals surface area contributed by atoms with E-state index in [1.807, 2.05) is 24.3 Å². The number of carboxylic acid groups (broad SMARTS) is 1. The maximum absolute atomic E-state index is 13.6. The number of nitrogens with one attached hydrogen (secondary N) is 4. The second kappa shape index (κ2) is 15.2. The summed E-state index contributed by atoms with van der Waals surface area (Å²) in [7, 11) is 0. The van der Waals surface area contributed by atoms with Gasteiger partial charge in [-0.1, -0.05) is 30.3 Å². The van der Waals surface area contributed by atoms with E-state index in [0.717, 1.165) is 10.9 Å². The van der Waals surface area contributed by atoms with Crippen LogP contribution < -0.4 is 33.2 Å². The predicted octanol–water partition coefficient (Wildman–Crippen LogP) is -0.401. The molecule has 3 aromatic rings. The molecule has 0 bridgehead atoms. The maximum Gasteiger partial charge on any atom is 0.326 e. The molecule has 4 atom stereocenters. The molecule has 230 valence electrons. The van der Waals surface area contributed by atoms with Gasteiger partial charge in [-0.2, -0.15) is 0 Å². The van der Waals surface area contributed by atoms with Crippen LogP contribution in [0.3, 0.4) is 0 Å². The molecule has 0 aliphatic rings. The van der Waals surface area contributed by atoms with E-state index >= 15 is 0 Å². The molecular weight excluding hydrogens is 556 g/mol. The number of phenolic OH excluding ortho intramolecular Hbond substituents is 1. The largest absolute Gasteiger partial charge is 0.508 e. The predicted molar refractivity (Wildman–Crippen MR) is 161 cm³/mol. The van der Waals surface area contributed by atoms with Crippen LogP contribution in [0.1, 0.15) is 30.9 Å². The molecule has 3 rings (SSSR count). The van der Waals surface area contributed by atoms with Crippen molar-refractivity contribution >= 4 is 40.6 Å². The fourth-order valence-electron chi connectivity index (χ4n) is 4.42. The molecule has 2 aromatic carbocycles. The van der Waals surface area contributed by atoms with Crippen molar-refractivity contribution in [1.82, 2.24) is 20.9 Å². The van der Waals surface area contributed by atoms with Crippen LogP contribution in [0, 0.1) is 0 Å². The van der Waals surface area contributed by atoms with Gasteiger partial charge in [-0.25, -0.2) is 4.79 Å². The quantitative estimate of drug-likeness (QED) is 0.0629. The molecule has 0 aliphatic carbocycles. The smallest absolute Gasteiger partial charge is 0.326 e. The van der Waals surface area contributed by atoms with Gasteiger partial charge in [0.25, 0.3) is 0 Å². The summed E-state index contributed by atoms with van der Waals surface area (Å²) >= 11 is 0. The number of para-hydroxylation sites is 1. The average molecular weight is 595 g/mol. The SMILES string of the molecule is C[C@H](N)C(=O)N[C@@H](CCCN=C(N)N)C(=O)N[C@@H](Cc1c[nH]c2ccccc12)C(=O)N[C@@H](Cc1ccc(O)cc1)C(=O)O. The monoisotopic (exact) mass is 594 g/mol. The summed E-state index contributed by atoms with van der Waals surface area (Å²) in [6.45, 7) is 1.67. The third-order valence-corrected chi connectivity index (χ3v) is 6.71. The summed E-state index contributed by atoms with van der Waals surface area (Å²) in [4.78, 5) is 58.6. The fraction of sp³-hybridized carbons (Fsp3) is 0.345. The molecule has 0 unspecified atom stereocenters. The van der Waals surface area contributed by atoms with Gasteiger partial charge in [0, 0.05) is 36.5 Å². The number of nitrogens with two attached hydrogens (primary N) is 3. The number of rotatable bonds is 15. The number of aromatic amines is 1. The molecule has 0 saturated carbocycles. The van der Waals surface area contributed by atoms with E-state index in [9.17, 15) is 29.4 Å². The Morgan fingerprint density at radius 1 is 0.884 bits per heavy atom. The molecule has 0 saturated heterocycles. The number of aliphatic imine (C=N–C) groups is 1. The summed E-state index contributed by atoms with van der Waals surface area (Å²) in [5, 5.41) is 28.0. The van der Waals surface area contributed by atoms with Crippen LogP contribution in [0.15, 0.2) is 59.7 Å². The normalized spacial score (nSPS) is 13.7. The van der Waals surface area contributed by atoms with Crippen molar-refractivity contribution < 1.29 is 29.4 Å². The minimum atomic E-state index is -1.33. The lowest BCUT2D eigenvalue weighted by atomic mass is 10.0. The van der Waals surface area contributed by atoms with Crippen LogP contribution in [-0.2, 0) is 32.0 Å². The molecule has 3 amide bonds. The van der Waals surface area contributed by atoms with E-state index in [0.29, 0.717) is 17.5 Å². The Hall–Kier alpha value is -5.11. The van der Waals surface area contributed by atoms with Crippen LogP contribution >= 0.6 is 0 Å². The number of aromatic nitrogens is 1. The number of guanidine groups is 1. The molecule has 0 aliphatic heterocycles. The van der Waals surface area contributed by atoms with Crippen molar-refractivity contribution in [3.63, 3.8) is 0 Å². The average Bonchev–Trinajstić information content (AvgIpc) is 3.37. The Labute approximate surface area is 248 Å². The molecular formula is C29H38N8O6. The standard InChI is InChI=1S/C29H38N8O6/c1-16(30)25(39)35-22(7-4-12-33-29(31)32)26(40)36-23(14-18-15-34-21-6-3-2-5-20(18)21)27(41)37-24(28(42)43)13-17-8-10-19(38)11-9-17/h2-3,5-6,8-11,15-16,22-24,34,38H,4,7,12-14,30H2,1H3,(H,35,39)(H,36,40)(H,37,41)(H,42,43)(H4,31,32,33)/t16-,22-,23-,24-/m0/s1. The first-order valence-electron chi connectivity index (χ1n) is 13.7. The minimum absolute atomic E-state index is 0.0186. The van der Waals surface area contributed by atoms with Gasteiger partial charge in [0.2, 0.25) is 17.7 Å². The zero-order valence-electron chi connectivity index (χ0n) is 23.7. The van der Waals surface area contributed by atoms with Crippen LogP contribution in [0.2, 0.25) is 0 Å². The van der Waals surface area contributed by atoms with Crippen molar-refractivity contribution in [3.8, 4) is 5.75 Å². The Morgan fingerprint density at radius 3 is 2.16 bits per heavy atom. The molecule has 0 radical (unpaired) electrons. The number of hydrogen-bond acceptors (Lipinski definition) is 7. The first-order valence-corrected chi connectivity index (χ1v) is 13.7. The number of carbonyl (C=O) groups excluding carboxylic acids is 3. The second-order valence-corrected chi connectivity index (χ2v) is 10.2. The van der Waals surface area contributed by atoms with Gasteiger partial charge < -0.3 is 48.3 Å². The highest BCUT2D eigenvalue weighted by atomic mass is 16.4. The van der Waals surface area contributed by atoms with Gasteiger partial charge in [-0.05, 0) is 49.1 Å². The lowest BCUT2D eigenvalue weighted by Gasteiger charge is -2.25. The van der Waals surface area contributed by atoms with Gasteiger partial charge in [-0.3, -0.25) is 19.4 Å². The Bertz CT molecular complexity index is 1450. The minimum Gasteiger partial charge on any atom is -0.508 e. The number of amides is 3. The highest BCUT2D eigenvalue weighted by Crippen LogP contribution is 2.20. The summed E-state index contributed by atoms with van der Waals surface area (Å²) < 4.78 is 0. The molecule has 1 aromatic heterocycles. The topological polar surface area (TPSA) is 251 Å². The van der Waals surface area contributed by atoms with E-state index < -0.39 is 47.9 Å². The number of nitrogens with zero attached hydrogens (tertiary/aromatic N) is 1. The van der Waals surface area contributed by atoms with Gasteiger partial charge in [0.05, 0.1) is 6.04 Å². The molecule has 0 fully saturated rings. The van der Waals surface area contributed by atoms with E-state index in [4.69, 9.17) is 17.2 Å². The highest BCUT2D eigenvalue weighted by molar-refractivity contribution is 5.94. The third kappa shape index (κ3) is 9.74.